The molecule has 1 aromatic rings. The van der Waals surface area contributed by atoms with Crippen molar-refractivity contribution in [1.82, 2.24) is 10.2 Å². The van der Waals surface area contributed by atoms with Crippen molar-refractivity contribution < 1.29 is 0 Å². The molecule has 20 heavy (non-hydrogen) atoms. The molecular formula is C16H26BrN3. The van der Waals surface area contributed by atoms with Crippen LogP contribution in [-0.2, 0) is 6.54 Å². The van der Waals surface area contributed by atoms with E-state index in [4.69, 9.17) is 0 Å². The van der Waals surface area contributed by atoms with E-state index in [-0.39, 0.29) is 0 Å². The predicted molar refractivity (Wildman–Crippen MR) is 90.4 cm³/mol. The van der Waals surface area contributed by atoms with Gasteiger partial charge in [-0.15, -0.1) is 0 Å². The number of hydrogen-bond donors (Lipinski definition) is 1. The molecule has 1 saturated heterocycles. The van der Waals surface area contributed by atoms with E-state index in [2.05, 4.69) is 63.1 Å². The smallest absolute Gasteiger partial charge is 0.0423 e. The molecule has 1 aromatic carbocycles. The van der Waals surface area contributed by atoms with Crippen molar-refractivity contribution in [2.75, 3.05) is 38.1 Å². The van der Waals surface area contributed by atoms with Crippen molar-refractivity contribution in [3.8, 4) is 0 Å². The lowest BCUT2D eigenvalue weighted by atomic mass is 10.1. The molecule has 0 bridgehead atoms. The van der Waals surface area contributed by atoms with Crippen LogP contribution >= 0.6 is 15.9 Å². The summed E-state index contributed by atoms with van der Waals surface area (Å²) < 4.78 is 1.17. The van der Waals surface area contributed by atoms with E-state index in [1.807, 2.05) is 7.05 Å². The SMILES string of the molecule is CCN(CC)C1CCN(c2cc(Br)ccc2CNC)C1. The molecule has 0 radical (unpaired) electrons. The summed E-state index contributed by atoms with van der Waals surface area (Å²) in [4.78, 5) is 5.12. The normalized spacial score (nSPS) is 19.1. The second-order valence-electron chi connectivity index (χ2n) is 5.41. The van der Waals surface area contributed by atoms with Crippen molar-refractivity contribution in [2.45, 2.75) is 32.9 Å². The Hall–Kier alpha value is -0.580. The van der Waals surface area contributed by atoms with Gasteiger partial charge in [0.15, 0.2) is 0 Å². The lowest BCUT2D eigenvalue weighted by molar-refractivity contribution is 0.232. The molecule has 0 saturated carbocycles. The zero-order valence-electron chi connectivity index (χ0n) is 12.8. The van der Waals surface area contributed by atoms with Gasteiger partial charge in [-0.1, -0.05) is 35.8 Å². The van der Waals surface area contributed by atoms with Crippen LogP contribution in [0.4, 0.5) is 5.69 Å². The van der Waals surface area contributed by atoms with Crippen molar-refractivity contribution in [3.05, 3.63) is 28.2 Å². The van der Waals surface area contributed by atoms with Crippen molar-refractivity contribution in [2.24, 2.45) is 0 Å². The molecule has 1 N–H and O–H groups in total. The Balaban J connectivity index is 2.14. The van der Waals surface area contributed by atoms with Crippen LogP contribution in [0.3, 0.4) is 0 Å². The standard InChI is InChI=1S/C16H26BrN3/c1-4-19(5-2)15-8-9-20(12-15)16-10-14(17)7-6-13(16)11-18-3/h6-7,10,15,18H,4-5,8-9,11-12H2,1-3H3. The fraction of sp³-hybridized carbons (Fsp3) is 0.625. The van der Waals surface area contributed by atoms with Gasteiger partial charge in [0.2, 0.25) is 0 Å². The van der Waals surface area contributed by atoms with E-state index >= 15 is 0 Å². The first-order valence-electron chi connectivity index (χ1n) is 7.61. The van der Waals surface area contributed by atoms with E-state index in [1.54, 1.807) is 0 Å². The maximum absolute atomic E-state index is 3.61. The van der Waals surface area contributed by atoms with Crippen molar-refractivity contribution in [3.63, 3.8) is 0 Å². The summed E-state index contributed by atoms with van der Waals surface area (Å²) in [6.45, 7) is 10.1. The highest BCUT2D eigenvalue weighted by Gasteiger charge is 2.27. The van der Waals surface area contributed by atoms with E-state index in [0.29, 0.717) is 6.04 Å². The number of nitrogens with one attached hydrogen (secondary N) is 1. The van der Waals surface area contributed by atoms with Gasteiger partial charge >= 0.3 is 0 Å². The molecule has 1 unspecified atom stereocenters. The highest BCUT2D eigenvalue weighted by atomic mass is 79.9. The lowest BCUT2D eigenvalue weighted by Gasteiger charge is -2.27. The molecule has 0 aromatic heterocycles. The third-order valence-corrected chi connectivity index (χ3v) is 4.74. The number of anilines is 1. The van der Waals surface area contributed by atoms with Gasteiger partial charge in [-0.3, -0.25) is 4.90 Å². The minimum atomic E-state index is 0.700. The quantitative estimate of drug-likeness (QED) is 0.859. The summed E-state index contributed by atoms with van der Waals surface area (Å²) >= 11 is 3.61. The second kappa shape index (κ2) is 7.43. The number of halogens is 1. The zero-order chi connectivity index (χ0) is 14.5. The number of benzene rings is 1. The van der Waals surface area contributed by atoms with Crippen LogP contribution in [0.2, 0.25) is 0 Å². The van der Waals surface area contributed by atoms with Crippen LogP contribution in [0.1, 0.15) is 25.8 Å². The number of rotatable bonds is 6. The first kappa shape index (κ1) is 15.8. The fourth-order valence-electron chi connectivity index (χ4n) is 3.17. The highest BCUT2D eigenvalue weighted by molar-refractivity contribution is 9.10. The zero-order valence-corrected chi connectivity index (χ0v) is 14.4. The van der Waals surface area contributed by atoms with Crippen LogP contribution in [0.15, 0.2) is 22.7 Å². The van der Waals surface area contributed by atoms with E-state index in [9.17, 15) is 0 Å². The molecule has 0 amide bonds. The predicted octanol–water partition coefficient (Wildman–Crippen LogP) is 3.09. The molecule has 0 aliphatic carbocycles. The Labute approximate surface area is 131 Å². The fourth-order valence-corrected chi connectivity index (χ4v) is 3.52. The average Bonchev–Trinajstić information content (AvgIpc) is 2.92. The molecule has 1 heterocycles. The van der Waals surface area contributed by atoms with Crippen LogP contribution in [-0.4, -0.2) is 44.2 Å². The molecular weight excluding hydrogens is 314 g/mol. The summed E-state index contributed by atoms with van der Waals surface area (Å²) in [5, 5.41) is 3.27. The summed E-state index contributed by atoms with van der Waals surface area (Å²) in [5.41, 5.74) is 2.76. The van der Waals surface area contributed by atoms with Crippen LogP contribution < -0.4 is 10.2 Å². The molecule has 3 nitrogen and oxygen atoms in total. The Morgan fingerprint density at radius 1 is 1.35 bits per heavy atom. The third kappa shape index (κ3) is 3.54. The number of likely N-dealkylation sites (N-methyl/N-ethyl adjacent to an activating group) is 1. The van der Waals surface area contributed by atoms with Gasteiger partial charge < -0.3 is 10.2 Å². The van der Waals surface area contributed by atoms with Gasteiger partial charge in [0.05, 0.1) is 0 Å². The largest absolute Gasteiger partial charge is 0.370 e. The molecule has 4 heteroatoms. The molecule has 2 rings (SSSR count). The first-order chi connectivity index (χ1) is 9.69. The topological polar surface area (TPSA) is 18.5 Å². The Bertz CT molecular complexity index is 432. The number of hydrogen-bond acceptors (Lipinski definition) is 3. The summed E-state index contributed by atoms with van der Waals surface area (Å²) in [6.07, 6.45) is 1.27. The number of nitrogens with zero attached hydrogens (tertiary/aromatic N) is 2. The van der Waals surface area contributed by atoms with Crippen molar-refractivity contribution >= 4 is 21.6 Å². The maximum Gasteiger partial charge on any atom is 0.0423 e. The third-order valence-electron chi connectivity index (χ3n) is 4.25. The molecule has 1 aliphatic rings. The molecule has 1 atom stereocenters. The molecule has 112 valence electrons. The maximum atomic E-state index is 3.61. The van der Waals surface area contributed by atoms with Gasteiger partial charge in [-0.2, -0.15) is 0 Å². The molecule has 1 aliphatic heterocycles. The van der Waals surface area contributed by atoms with Crippen LogP contribution in [0.25, 0.3) is 0 Å². The van der Waals surface area contributed by atoms with Gasteiger partial charge in [0, 0.05) is 35.8 Å². The monoisotopic (exact) mass is 339 g/mol. The van der Waals surface area contributed by atoms with Gasteiger partial charge in [-0.25, -0.2) is 0 Å². The highest BCUT2D eigenvalue weighted by Crippen LogP contribution is 2.29. The average molecular weight is 340 g/mol. The Morgan fingerprint density at radius 2 is 2.10 bits per heavy atom. The van der Waals surface area contributed by atoms with Crippen molar-refractivity contribution in [1.29, 1.82) is 0 Å². The van der Waals surface area contributed by atoms with Gasteiger partial charge in [0.1, 0.15) is 0 Å². The first-order valence-corrected chi connectivity index (χ1v) is 8.40. The summed E-state index contributed by atoms with van der Waals surface area (Å²) in [6, 6.07) is 7.32. The minimum absolute atomic E-state index is 0.700. The van der Waals surface area contributed by atoms with Gasteiger partial charge in [0.25, 0.3) is 0 Å². The van der Waals surface area contributed by atoms with Gasteiger partial charge in [-0.05, 0) is 44.3 Å². The Kier molecular flexibility index (Phi) is 5.87. The Morgan fingerprint density at radius 3 is 2.75 bits per heavy atom. The van der Waals surface area contributed by atoms with E-state index < -0.39 is 0 Å². The van der Waals surface area contributed by atoms with Crippen LogP contribution in [0, 0.1) is 0 Å². The summed E-state index contributed by atoms with van der Waals surface area (Å²) in [7, 11) is 2.01. The van der Waals surface area contributed by atoms with E-state index in [0.717, 1.165) is 32.7 Å². The minimum Gasteiger partial charge on any atom is -0.370 e. The summed E-state index contributed by atoms with van der Waals surface area (Å²) in [5.74, 6) is 0. The molecule has 0 spiro atoms. The van der Waals surface area contributed by atoms with Crippen LogP contribution in [0.5, 0.6) is 0 Å². The lowest BCUT2D eigenvalue weighted by Crippen LogP contribution is -2.37. The molecule has 1 fully saturated rings. The van der Waals surface area contributed by atoms with E-state index in [1.165, 1.54) is 22.1 Å². The second-order valence-corrected chi connectivity index (χ2v) is 6.33.